The zero-order valence-electron chi connectivity index (χ0n) is 36.6. The molecule has 64 heavy (non-hydrogen) atoms. The van der Waals surface area contributed by atoms with Crippen molar-refractivity contribution in [2.75, 3.05) is 62.7 Å². The van der Waals surface area contributed by atoms with Crippen molar-refractivity contribution in [3.63, 3.8) is 0 Å². The Balaban J connectivity index is 0.841. The fourth-order valence-electron chi connectivity index (χ4n) is 11.6. The summed E-state index contributed by atoms with van der Waals surface area (Å²) in [6.07, 6.45) is 13.4. The van der Waals surface area contributed by atoms with E-state index in [9.17, 15) is 23.3 Å². The van der Waals surface area contributed by atoms with E-state index >= 15 is 0 Å². The number of hydrogen-bond donors (Lipinski definition) is 3. The highest BCUT2D eigenvalue weighted by Crippen LogP contribution is 2.62. The monoisotopic (exact) mass is 911 g/mol. The highest BCUT2D eigenvalue weighted by atomic mass is 35.5. The van der Waals surface area contributed by atoms with Crippen molar-refractivity contribution in [2.45, 2.75) is 81.9 Å². The highest BCUT2D eigenvalue weighted by molar-refractivity contribution is 7.90. The number of aromatic nitrogens is 2. The van der Waals surface area contributed by atoms with Crippen LogP contribution in [0.3, 0.4) is 0 Å². The molecule has 2 aromatic heterocycles. The first-order valence-corrected chi connectivity index (χ1v) is 24.9. The van der Waals surface area contributed by atoms with Gasteiger partial charge in [0.05, 0.1) is 21.6 Å². The number of ether oxygens (including phenoxy) is 2. The molecule has 4 heterocycles. The molecule has 4 atom stereocenters. The standard InChI is InChI=1S/C48H58ClN7O7S/c1-47(2)9-7-32(40(26-47)38-23-41(49)39-22-37(38)39)29-54-13-15-55(16-14-54)33-3-5-36(44(20-33)63-34-19-31-8-12-50-45(31)52-28-34)46(57)53-64(60,61)35-4-6-42(43(21-35)56(58)59)51-27-30-24-48(25-30)10-17-62-18-11-48/h3-6,8,12,19-21,28,30,37-39,41,51H,7,9-11,13-18,22-27,29H2,1-2H3,(H,50,52)(H,53,57)/t37?,38-,39?,41+/m1/s1. The Bertz CT molecular complexity index is 2590. The van der Waals surface area contributed by atoms with E-state index in [0.29, 0.717) is 51.9 Å². The van der Waals surface area contributed by atoms with E-state index in [2.05, 4.69) is 43.7 Å². The fraction of sp³-hybridized carbons (Fsp3) is 0.542. The minimum atomic E-state index is -4.55. The van der Waals surface area contributed by atoms with E-state index in [1.807, 2.05) is 12.1 Å². The number of sulfonamides is 1. The number of H-pyrrole nitrogens is 1. The summed E-state index contributed by atoms with van der Waals surface area (Å²) < 4.78 is 41.6. The van der Waals surface area contributed by atoms with Gasteiger partial charge in [-0.1, -0.05) is 25.0 Å². The Morgan fingerprint density at radius 2 is 1.83 bits per heavy atom. The molecule has 5 fully saturated rings. The van der Waals surface area contributed by atoms with Crippen LogP contribution in [0.1, 0.15) is 82.0 Å². The number of nitro groups is 1. The van der Waals surface area contributed by atoms with E-state index < -0.39 is 25.7 Å². The number of nitro benzene ring substituents is 1. The average molecular weight is 913 g/mol. The average Bonchev–Trinajstić information content (AvgIpc) is 3.81. The summed E-state index contributed by atoms with van der Waals surface area (Å²) in [4.78, 5) is 37.5. The summed E-state index contributed by atoms with van der Waals surface area (Å²) in [7, 11) is -4.55. The van der Waals surface area contributed by atoms with Crippen molar-refractivity contribution in [3.8, 4) is 11.5 Å². The number of carbonyl (C=O) groups is 1. The molecule has 2 aromatic carbocycles. The number of pyridine rings is 1. The number of allylic oxidation sites excluding steroid dienone is 1. The molecule has 1 amide bonds. The van der Waals surface area contributed by atoms with Gasteiger partial charge in [0.25, 0.3) is 21.6 Å². The first-order chi connectivity index (χ1) is 30.7. The number of fused-ring (bicyclic) bond motifs is 2. The Morgan fingerprint density at radius 3 is 2.56 bits per heavy atom. The summed E-state index contributed by atoms with van der Waals surface area (Å²) in [5, 5.41) is 16.5. The second-order valence-electron chi connectivity index (χ2n) is 20.2. The van der Waals surface area contributed by atoms with Crippen LogP contribution in [-0.2, 0) is 14.8 Å². The summed E-state index contributed by atoms with van der Waals surface area (Å²) in [5.74, 6) is 2.06. The molecule has 0 radical (unpaired) electrons. The van der Waals surface area contributed by atoms with Crippen LogP contribution in [0.5, 0.6) is 11.5 Å². The van der Waals surface area contributed by atoms with Gasteiger partial charge < -0.3 is 24.7 Å². The second-order valence-corrected chi connectivity index (χ2v) is 22.4. The number of carbonyl (C=O) groups excluding carboxylic acids is 1. The third kappa shape index (κ3) is 8.84. The fourth-order valence-corrected chi connectivity index (χ4v) is 13.0. The number of hydrogen-bond acceptors (Lipinski definition) is 11. The summed E-state index contributed by atoms with van der Waals surface area (Å²) in [5.41, 5.74) is 5.28. The van der Waals surface area contributed by atoms with Gasteiger partial charge in [0, 0.05) is 87.3 Å². The van der Waals surface area contributed by atoms with Crippen molar-refractivity contribution in [1.82, 2.24) is 19.6 Å². The third-order valence-electron chi connectivity index (χ3n) is 15.3. The van der Waals surface area contributed by atoms with Crippen LogP contribution in [0.4, 0.5) is 17.1 Å². The van der Waals surface area contributed by atoms with Crippen LogP contribution in [0.25, 0.3) is 11.0 Å². The molecule has 2 aliphatic heterocycles. The lowest BCUT2D eigenvalue weighted by molar-refractivity contribution is -0.384. The van der Waals surface area contributed by atoms with Crippen LogP contribution < -0.4 is 19.7 Å². The molecule has 16 heteroatoms. The molecule has 3 N–H and O–H groups in total. The zero-order chi connectivity index (χ0) is 44.4. The van der Waals surface area contributed by atoms with Crippen molar-refractivity contribution in [2.24, 2.45) is 34.5 Å². The molecule has 2 unspecified atom stereocenters. The number of alkyl halides is 1. The predicted molar refractivity (Wildman–Crippen MR) is 247 cm³/mol. The van der Waals surface area contributed by atoms with Gasteiger partial charge in [0.15, 0.2) is 0 Å². The summed E-state index contributed by atoms with van der Waals surface area (Å²) in [6, 6.07) is 12.5. The van der Waals surface area contributed by atoms with Crippen molar-refractivity contribution in [1.29, 1.82) is 0 Å². The Hall–Kier alpha value is -4.70. The molecular formula is C48H58ClN7O7S. The lowest BCUT2D eigenvalue weighted by Crippen LogP contribution is -2.47. The van der Waals surface area contributed by atoms with E-state index in [1.54, 1.807) is 41.7 Å². The summed E-state index contributed by atoms with van der Waals surface area (Å²) >= 11 is 6.79. The highest BCUT2D eigenvalue weighted by Gasteiger charge is 2.55. The third-order valence-corrected chi connectivity index (χ3v) is 17.1. The smallest absolute Gasteiger partial charge is 0.293 e. The van der Waals surface area contributed by atoms with Gasteiger partial charge in [0.1, 0.15) is 22.8 Å². The normalized spacial score (nSPS) is 25.5. The van der Waals surface area contributed by atoms with Gasteiger partial charge >= 0.3 is 0 Å². The van der Waals surface area contributed by atoms with Crippen molar-refractivity contribution in [3.05, 3.63) is 87.7 Å². The van der Waals surface area contributed by atoms with Crippen LogP contribution in [0.2, 0.25) is 0 Å². The molecular weight excluding hydrogens is 854 g/mol. The number of halogens is 1. The quantitative estimate of drug-likeness (QED) is 0.0506. The lowest BCUT2D eigenvalue weighted by Gasteiger charge is -2.50. The zero-order valence-corrected chi connectivity index (χ0v) is 38.2. The van der Waals surface area contributed by atoms with Crippen molar-refractivity contribution < 1.29 is 27.6 Å². The lowest BCUT2D eigenvalue weighted by atomic mass is 9.58. The molecule has 10 rings (SSSR count). The summed E-state index contributed by atoms with van der Waals surface area (Å²) in [6.45, 7) is 11.2. The molecule has 2 saturated heterocycles. The van der Waals surface area contributed by atoms with Crippen LogP contribution >= 0.6 is 11.6 Å². The van der Waals surface area contributed by atoms with Crippen molar-refractivity contribution >= 4 is 55.6 Å². The van der Waals surface area contributed by atoms with Gasteiger partial charge in [-0.2, -0.15) is 0 Å². The van der Waals surface area contributed by atoms with E-state index in [1.165, 1.54) is 25.0 Å². The van der Waals surface area contributed by atoms with Crippen LogP contribution in [0.15, 0.2) is 77.0 Å². The number of anilines is 2. The first kappa shape index (κ1) is 43.2. The number of benzene rings is 2. The Morgan fingerprint density at radius 1 is 1.03 bits per heavy atom. The topological polar surface area (TPSA) is 172 Å². The largest absolute Gasteiger partial charge is 0.455 e. The molecule has 3 saturated carbocycles. The van der Waals surface area contributed by atoms with E-state index in [-0.39, 0.29) is 22.7 Å². The Labute approximate surface area is 379 Å². The molecule has 1 spiro atoms. The van der Waals surface area contributed by atoms with Crippen LogP contribution in [-0.4, -0.2) is 92.0 Å². The van der Waals surface area contributed by atoms with Gasteiger partial charge in [-0.3, -0.25) is 19.8 Å². The van der Waals surface area contributed by atoms with Gasteiger partial charge in [-0.05, 0) is 129 Å². The molecule has 6 aliphatic rings. The van der Waals surface area contributed by atoms with Crippen LogP contribution in [0, 0.1) is 44.6 Å². The second kappa shape index (κ2) is 16.9. The minimum Gasteiger partial charge on any atom is -0.455 e. The molecule has 4 aromatic rings. The number of piperazine rings is 1. The van der Waals surface area contributed by atoms with E-state index in [0.717, 1.165) is 114 Å². The SMILES string of the molecule is CC1(C)CCC(CN2CCN(c3ccc(C(=O)NS(=O)(=O)c4ccc(NCC5CC6(CCOCC6)C5)c([N+](=O)[O-])c4)c(Oc4cnc5[nH]ccc5c4)c3)CC2)=C([C@@H]2C[C@H](Cl)C3CC32)C1. The minimum absolute atomic E-state index is 0.0144. The molecule has 14 nitrogen and oxygen atoms in total. The van der Waals surface area contributed by atoms with Gasteiger partial charge in [0.2, 0.25) is 0 Å². The van der Waals surface area contributed by atoms with E-state index in [4.69, 9.17) is 21.1 Å². The number of nitrogens with one attached hydrogen (secondary N) is 3. The maximum atomic E-state index is 14.0. The number of nitrogens with zero attached hydrogens (tertiary/aromatic N) is 4. The maximum absolute atomic E-state index is 14.0. The first-order valence-electron chi connectivity index (χ1n) is 23.0. The number of amides is 1. The molecule has 4 aliphatic carbocycles. The molecule has 340 valence electrons. The van der Waals surface area contributed by atoms with Gasteiger partial charge in [-0.15, -0.1) is 11.6 Å². The maximum Gasteiger partial charge on any atom is 0.293 e. The predicted octanol–water partition coefficient (Wildman–Crippen LogP) is 8.89. The number of aromatic amines is 1. The number of rotatable bonds is 13. The Kier molecular flexibility index (Phi) is 11.4. The molecule has 0 bridgehead atoms. The van der Waals surface area contributed by atoms with Gasteiger partial charge in [-0.25, -0.2) is 18.1 Å².